The molecule has 7 heteroatoms. The Morgan fingerprint density at radius 3 is 2.34 bits per heavy atom. The minimum Gasteiger partial charge on any atom is -0.495 e. The summed E-state index contributed by atoms with van der Waals surface area (Å²) in [5, 5.41) is 2.89. The molecule has 0 unspecified atom stereocenters. The number of ether oxygens (including phenoxy) is 2. The normalized spacial score (nSPS) is 18.8. The first-order valence-corrected chi connectivity index (χ1v) is 11.9. The van der Waals surface area contributed by atoms with Crippen molar-refractivity contribution in [3.63, 3.8) is 0 Å². The summed E-state index contributed by atoms with van der Waals surface area (Å²) < 4.78 is 10.9. The fourth-order valence-corrected chi connectivity index (χ4v) is 4.71. The van der Waals surface area contributed by atoms with Crippen molar-refractivity contribution in [2.75, 3.05) is 38.2 Å². The maximum Gasteiger partial charge on any atom is 0.408 e. The molecule has 1 N–H and O–H groups in total. The number of alkyl carbamates (subject to hydrolysis) is 1. The molecule has 1 aromatic rings. The highest BCUT2D eigenvalue weighted by Gasteiger charge is 2.32. The topological polar surface area (TPSA) is 71.1 Å². The third-order valence-electron chi connectivity index (χ3n) is 6.30. The van der Waals surface area contributed by atoms with Gasteiger partial charge in [0.25, 0.3) is 0 Å². The summed E-state index contributed by atoms with van der Waals surface area (Å²) in [7, 11) is 1.68. The van der Waals surface area contributed by atoms with Gasteiger partial charge in [-0.1, -0.05) is 44.2 Å². The molecule has 0 radical (unpaired) electrons. The number of nitrogens with one attached hydrogen (secondary N) is 1. The average molecular weight is 446 g/mol. The van der Waals surface area contributed by atoms with Crippen LogP contribution < -0.4 is 15.0 Å². The molecule has 0 aromatic heterocycles. The van der Waals surface area contributed by atoms with Crippen LogP contribution >= 0.6 is 0 Å². The molecule has 1 heterocycles. The zero-order chi connectivity index (χ0) is 23.1. The van der Waals surface area contributed by atoms with Crippen molar-refractivity contribution >= 4 is 17.7 Å². The first-order valence-electron chi connectivity index (χ1n) is 11.9. The van der Waals surface area contributed by atoms with Crippen LogP contribution in [0.5, 0.6) is 5.75 Å². The van der Waals surface area contributed by atoms with Crippen LogP contribution in [0.2, 0.25) is 0 Å². The smallest absolute Gasteiger partial charge is 0.408 e. The molecule has 0 spiro atoms. The predicted octanol–water partition coefficient (Wildman–Crippen LogP) is 4.21. The van der Waals surface area contributed by atoms with Gasteiger partial charge in [0.15, 0.2) is 0 Å². The van der Waals surface area contributed by atoms with Crippen LogP contribution in [0.4, 0.5) is 10.5 Å². The summed E-state index contributed by atoms with van der Waals surface area (Å²) in [4.78, 5) is 30.1. The number of para-hydroxylation sites is 2. The largest absolute Gasteiger partial charge is 0.495 e. The maximum absolute atomic E-state index is 13.5. The number of nitrogens with zero attached hydrogens (tertiary/aromatic N) is 2. The lowest BCUT2D eigenvalue weighted by molar-refractivity contribution is -0.134. The van der Waals surface area contributed by atoms with Gasteiger partial charge in [0, 0.05) is 26.2 Å². The molecule has 0 bridgehead atoms. The van der Waals surface area contributed by atoms with Gasteiger partial charge in [-0.2, -0.15) is 0 Å². The number of benzene rings is 1. The third kappa shape index (κ3) is 6.78. The van der Waals surface area contributed by atoms with E-state index in [0.29, 0.717) is 25.4 Å². The quantitative estimate of drug-likeness (QED) is 0.710. The van der Waals surface area contributed by atoms with E-state index in [0.717, 1.165) is 37.4 Å². The molecule has 1 atom stereocenters. The molecule has 1 saturated carbocycles. The average Bonchev–Trinajstić information content (AvgIpc) is 2.77. The number of methoxy groups -OCH3 is 1. The fourth-order valence-electron chi connectivity index (χ4n) is 4.71. The van der Waals surface area contributed by atoms with Gasteiger partial charge in [0.2, 0.25) is 5.91 Å². The van der Waals surface area contributed by atoms with Crippen LogP contribution in [-0.4, -0.2) is 61.8 Å². The Morgan fingerprint density at radius 1 is 1.06 bits per heavy atom. The second kappa shape index (κ2) is 10.9. The Bertz CT molecular complexity index is 763. The molecule has 1 aliphatic heterocycles. The third-order valence-corrected chi connectivity index (χ3v) is 6.30. The van der Waals surface area contributed by atoms with Crippen LogP contribution in [0, 0.1) is 5.92 Å². The monoisotopic (exact) mass is 445 g/mol. The van der Waals surface area contributed by atoms with Crippen molar-refractivity contribution in [2.45, 2.75) is 70.9 Å². The Labute approximate surface area is 192 Å². The highest BCUT2D eigenvalue weighted by atomic mass is 16.6. The SMILES string of the molecule is COc1ccccc1N1CCN(C(=O)[C@@H](CC2CCCCC2)NC(=O)OC(C)(C)C)CC1. The molecule has 178 valence electrons. The van der Waals surface area contributed by atoms with E-state index in [-0.39, 0.29) is 5.91 Å². The molecule has 7 nitrogen and oxygen atoms in total. The predicted molar refractivity (Wildman–Crippen MR) is 126 cm³/mol. The summed E-state index contributed by atoms with van der Waals surface area (Å²) >= 11 is 0. The Kier molecular flexibility index (Phi) is 8.26. The van der Waals surface area contributed by atoms with Gasteiger partial charge in [-0.3, -0.25) is 4.79 Å². The van der Waals surface area contributed by atoms with E-state index in [1.165, 1.54) is 19.3 Å². The number of piperazine rings is 1. The van der Waals surface area contributed by atoms with Gasteiger partial charge >= 0.3 is 6.09 Å². The van der Waals surface area contributed by atoms with Gasteiger partial charge in [-0.15, -0.1) is 0 Å². The number of carbonyl (C=O) groups excluding carboxylic acids is 2. The highest BCUT2D eigenvalue weighted by Crippen LogP contribution is 2.30. The molecule has 1 saturated heterocycles. The van der Waals surface area contributed by atoms with E-state index < -0.39 is 17.7 Å². The Morgan fingerprint density at radius 2 is 1.72 bits per heavy atom. The van der Waals surface area contributed by atoms with Crippen molar-refractivity contribution in [1.82, 2.24) is 10.2 Å². The summed E-state index contributed by atoms with van der Waals surface area (Å²) in [6.07, 6.45) is 6.09. The zero-order valence-corrected chi connectivity index (χ0v) is 20.1. The fraction of sp³-hybridized carbons (Fsp3) is 0.680. The Balaban J connectivity index is 1.64. The molecule has 3 rings (SSSR count). The lowest BCUT2D eigenvalue weighted by atomic mass is 9.84. The minimum absolute atomic E-state index is 0.00103. The van der Waals surface area contributed by atoms with Gasteiger partial charge < -0.3 is 24.6 Å². The van der Waals surface area contributed by atoms with E-state index in [1.54, 1.807) is 7.11 Å². The molecule has 1 aromatic carbocycles. The van der Waals surface area contributed by atoms with E-state index in [9.17, 15) is 9.59 Å². The first kappa shape index (κ1) is 24.2. The van der Waals surface area contributed by atoms with Crippen molar-refractivity contribution < 1.29 is 19.1 Å². The lowest BCUT2D eigenvalue weighted by Gasteiger charge is -2.38. The van der Waals surface area contributed by atoms with Gasteiger partial charge in [-0.25, -0.2) is 4.79 Å². The number of rotatable bonds is 6. The molecule has 1 aliphatic carbocycles. The number of amides is 2. The molecule has 2 amide bonds. The van der Waals surface area contributed by atoms with E-state index in [2.05, 4.69) is 10.2 Å². The van der Waals surface area contributed by atoms with Crippen LogP contribution in [-0.2, 0) is 9.53 Å². The second-order valence-electron chi connectivity index (χ2n) is 9.92. The van der Waals surface area contributed by atoms with Crippen LogP contribution in [0.1, 0.15) is 59.3 Å². The standard InChI is InChI=1S/C25H39N3O4/c1-25(2,3)32-24(30)26-20(18-19-10-6-5-7-11-19)23(29)28-16-14-27(15-17-28)21-12-8-9-13-22(21)31-4/h8-9,12-13,19-20H,5-7,10-11,14-18H2,1-4H3,(H,26,30)/t20-/m1/s1. The summed E-state index contributed by atoms with van der Waals surface area (Å²) in [5.41, 5.74) is 0.454. The van der Waals surface area contributed by atoms with Crippen molar-refractivity contribution in [3.05, 3.63) is 24.3 Å². The zero-order valence-electron chi connectivity index (χ0n) is 20.1. The molecule has 32 heavy (non-hydrogen) atoms. The van der Waals surface area contributed by atoms with Crippen LogP contribution in [0.3, 0.4) is 0 Å². The number of anilines is 1. The van der Waals surface area contributed by atoms with Crippen molar-refractivity contribution in [1.29, 1.82) is 0 Å². The maximum atomic E-state index is 13.5. The molecular formula is C25H39N3O4. The summed E-state index contributed by atoms with van der Waals surface area (Å²) in [5.74, 6) is 1.32. The van der Waals surface area contributed by atoms with Crippen LogP contribution in [0.25, 0.3) is 0 Å². The van der Waals surface area contributed by atoms with Crippen molar-refractivity contribution in [3.8, 4) is 5.75 Å². The minimum atomic E-state index is -0.594. The van der Waals surface area contributed by atoms with Gasteiger partial charge in [-0.05, 0) is 45.2 Å². The lowest BCUT2D eigenvalue weighted by Crippen LogP contribution is -2.56. The van der Waals surface area contributed by atoms with Gasteiger partial charge in [0.1, 0.15) is 17.4 Å². The van der Waals surface area contributed by atoms with E-state index in [1.807, 2.05) is 49.9 Å². The Hall–Kier alpha value is -2.44. The molecule has 2 aliphatic rings. The number of hydrogen-bond acceptors (Lipinski definition) is 5. The molecule has 2 fully saturated rings. The second-order valence-corrected chi connectivity index (χ2v) is 9.92. The van der Waals surface area contributed by atoms with E-state index >= 15 is 0 Å². The van der Waals surface area contributed by atoms with Gasteiger partial charge in [0.05, 0.1) is 12.8 Å². The number of carbonyl (C=O) groups is 2. The summed E-state index contributed by atoms with van der Waals surface area (Å²) in [6.45, 7) is 8.20. The summed E-state index contributed by atoms with van der Waals surface area (Å²) in [6, 6.07) is 7.43. The molecular weight excluding hydrogens is 406 g/mol. The highest BCUT2D eigenvalue weighted by molar-refractivity contribution is 5.86. The number of hydrogen-bond donors (Lipinski definition) is 1. The van der Waals surface area contributed by atoms with Crippen LogP contribution in [0.15, 0.2) is 24.3 Å². The van der Waals surface area contributed by atoms with Crippen molar-refractivity contribution in [2.24, 2.45) is 5.92 Å². The van der Waals surface area contributed by atoms with E-state index in [4.69, 9.17) is 9.47 Å². The first-order chi connectivity index (χ1) is 15.3.